The molecule has 0 aliphatic carbocycles. The molecule has 0 saturated carbocycles. The van der Waals surface area contributed by atoms with Crippen molar-refractivity contribution >= 4 is 17.2 Å². The maximum atomic E-state index is 11.2. The Morgan fingerprint density at radius 2 is 1.90 bits per heavy atom. The molecule has 20 heavy (non-hydrogen) atoms. The summed E-state index contributed by atoms with van der Waals surface area (Å²) in [4.78, 5) is 11.2. The highest BCUT2D eigenvalue weighted by Crippen LogP contribution is 2.22. The highest BCUT2D eigenvalue weighted by Gasteiger charge is 2.08. The van der Waals surface area contributed by atoms with Crippen LogP contribution in [0.15, 0.2) is 48.7 Å². The van der Waals surface area contributed by atoms with Crippen molar-refractivity contribution in [3.63, 3.8) is 0 Å². The number of hydrogen-bond acceptors (Lipinski definition) is 1. The van der Waals surface area contributed by atoms with Gasteiger partial charge in [0.15, 0.2) is 6.29 Å². The molecule has 0 atom stereocenters. The number of aryl methyl sites for hydroxylation is 2. The Labute approximate surface area is 118 Å². The molecule has 0 fully saturated rings. The standard InChI is InChI=1S/C18H17NO/c1-13-7-8-14(2)15(9-13)10-19-11-16(12-20)17-5-3-4-6-18(17)19/h3-9,11-12H,10H2,1-2H3. The maximum Gasteiger partial charge on any atom is 0.152 e. The van der Waals surface area contributed by atoms with Crippen LogP contribution in [0.4, 0.5) is 0 Å². The minimum Gasteiger partial charge on any atom is -0.342 e. The second-order valence-electron chi connectivity index (χ2n) is 5.28. The van der Waals surface area contributed by atoms with E-state index in [9.17, 15) is 4.79 Å². The van der Waals surface area contributed by atoms with Crippen LogP contribution in [0.3, 0.4) is 0 Å². The van der Waals surface area contributed by atoms with E-state index in [0.717, 1.165) is 29.3 Å². The molecule has 0 saturated heterocycles. The Kier molecular flexibility index (Phi) is 3.15. The summed E-state index contributed by atoms with van der Waals surface area (Å²) in [7, 11) is 0. The highest BCUT2D eigenvalue weighted by atomic mass is 16.1. The molecule has 0 radical (unpaired) electrons. The normalized spacial score (nSPS) is 10.9. The van der Waals surface area contributed by atoms with Gasteiger partial charge in [0.25, 0.3) is 0 Å². The van der Waals surface area contributed by atoms with Crippen molar-refractivity contribution in [2.24, 2.45) is 0 Å². The lowest BCUT2D eigenvalue weighted by Crippen LogP contribution is -2.00. The summed E-state index contributed by atoms with van der Waals surface area (Å²) in [6, 6.07) is 14.5. The largest absolute Gasteiger partial charge is 0.342 e. The van der Waals surface area contributed by atoms with E-state index in [1.807, 2.05) is 24.4 Å². The SMILES string of the molecule is Cc1ccc(C)c(Cn2cc(C=O)c3ccccc32)c1. The molecule has 2 aromatic carbocycles. The van der Waals surface area contributed by atoms with Gasteiger partial charge < -0.3 is 4.57 Å². The van der Waals surface area contributed by atoms with Gasteiger partial charge in [-0.3, -0.25) is 4.79 Å². The van der Waals surface area contributed by atoms with Crippen LogP contribution in [0.1, 0.15) is 27.0 Å². The molecule has 0 aliphatic heterocycles. The predicted octanol–water partition coefficient (Wildman–Crippen LogP) is 4.12. The number of fused-ring (bicyclic) bond motifs is 1. The lowest BCUT2D eigenvalue weighted by molar-refractivity contribution is 0.112. The van der Waals surface area contributed by atoms with Crippen molar-refractivity contribution in [2.45, 2.75) is 20.4 Å². The van der Waals surface area contributed by atoms with Crippen molar-refractivity contribution in [1.29, 1.82) is 0 Å². The maximum absolute atomic E-state index is 11.2. The van der Waals surface area contributed by atoms with Gasteiger partial charge in [0.2, 0.25) is 0 Å². The number of carbonyl (C=O) groups excluding carboxylic acids is 1. The van der Waals surface area contributed by atoms with Gasteiger partial charge in [-0.15, -0.1) is 0 Å². The summed E-state index contributed by atoms with van der Waals surface area (Å²) in [5.41, 5.74) is 5.70. The molecule has 0 spiro atoms. The number of aldehydes is 1. The van der Waals surface area contributed by atoms with Crippen molar-refractivity contribution in [3.8, 4) is 0 Å². The molecule has 0 unspecified atom stereocenters. The van der Waals surface area contributed by atoms with Crippen LogP contribution < -0.4 is 0 Å². The van der Waals surface area contributed by atoms with E-state index < -0.39 is 0 Å². The molecule has 3 rings (SSSR count). The van der Waals surface area contributed by atoms with Gasteiger partial charge in [0.1, 0.15) is 0 Å². The van der Waals surface area contributed by atoms with Crippen LogP contribution in [0.5, 0.6) is 0 Å². The summed E-state index contributed by atoms with van der Waals surface area (Å²) in [5, 5.41) is 1.02. The molecule has 2 nitrogen and oxygen atoms in total. The molecule has 0 bridgehead atoms. The van der Waals surface area contributed by atoms with Crippen LogP contribution in [0.2, 0.25) is 0 Å². The first-order chi connectivity index (χ1) is 9.69. The van der Waals surface area contributed by atoms with Gasteiger partial charge in [0.05, 0.1) is 0 Å². The number of hydrogen-bond donors (Lipinski definition) is 0. The third-order valence-corrected chi connectivity index (χ3v) is 3.79. The summed E-state index contributed by atoms with van der Waals surface area (Å²) in [6.45, 7) is 5.02. The average Bonchev–Trinajstić information content (AvgIpc) is 2.81. The summed E-state index contributed by atoms with van der Waals surface area (Å²) in [6.07, 6.45) is 2.88. The van der Waals surface area contributed by atoms with E-state index in [0.29, 0.717) is 0 Å². The molecule has 100 valence electrons. The Balaban J connectivity index is 2.11. The van der Waals surface area contributed by atoms with Crippen molar-refractivity contribution in [2.75, 3.05) is 0 Å². The Hall–Kier alpha value is -2.35. The van der Waals surface area contributed by atoms with Gasteiger partial charge in [-0.05, 0) is 31.0 Å². The zero-order chi connectivity index (χ0) is 14.1. The summed E-state index contributed by atoms with van der Waals surface area (Å²) >= 11 is 0. The van der Waals surface area contributed by atoms with E-state index in [1.54, 1.807) is 0 Å². The highest BCUT2D eigenvalue weighted by molar-refractivity contribution is 5.97. The second kappa shape index (κ2) is 4.97. The van der Waals surface area contributed by atoms with Crippen LogP contribution in [-0.4, -0.2) is 10.9 Å². The molecule has 0 N–H and O–H groups in total. The van der Waals surface area contributed by atoms with Crippen molar-refractivity contribution in [3.05, 3.63) is 70.9 Å². The van der Waals surface area contributed by atoms with Crippen molar-refractivity contribution in [1.82, 2.24) is 4.57 Å². The molecular weight excluding hydrogens is 246 g/mol. The molecule has 0 aliphatic rings. The Morgan fingerprint density at radius 3 is 2.70 bits per heavy atom. The van der Waals surface area contributed by atoms with Gasteiger partial charge in [0, 0.05) is 29.2 Å². The van der Waals surface area contributed by atoms with Gasteiger partial charge in [-0.2, -0.15) is 0 Å². The number of nitrogens with zero attached hydrogens (tertiary/aromatic N) is 1. The number of rotatable bonds is 3. The van der Waals surface area contributed by atoms with Crippen LogP contribution in [0, 0.1) is 13.8 Å². The number of aromatic nitrogens is 1. The summed E-state index contributed by atoms with van der Waals surface area (Å²) < 4.78 is 2.15. The summed E-state index contributed by atoms with van der Waals surface area (Å²) in [5.74, 6) is 0. The van der Waals surface area contributed by atoms with E-state index in [-0.39, 0.29) is 0 Å². The van der Waals surface area contributed by atoms with E-state index in [2.05, 4.69) is 42.7 Å². The zero-order valence-corrected chi connectivity index (χ0v) is 11.8. The minimum atomic E-state index is 0.755. The predicted molar refractivity (Wildman–Crippen MR) is 82.3 cm³/mol. The average molecular weight is 263 g/mol. The third-order valence-electron chi connectivity index (χ3n) is 3.79. The van der Waals surface area contributed by atoms with Crippen LogP contribution in [-0.2, 0) is 6.54 Å². The Morgan fingerprint density at radius 1 is 1.10 bits per heavy atom. The fourth-order valence-corrected chi connectivity index (χ4v) is 2.65. The van der Waals surface area contributed by atoms with Gasteiger partial charge in [-0.25, -0.2) is 0 Å². The van der Waals surface area contributed by atoms with Gasteiger partial charge >= 0.3 is 0 Å². The van der Waals surface area contributed by atoms with E-state index >= 15 is 0 Å². The first-order valence-corrected chi connectivity index (χ1v) is 6.78. The fourth-order valence-electron chi connectivity index (χ4n) is 2.65. The molecule has 1 aromatic heterocycles. The topological polar surface area (TPSA) is 22.0 Å². The molecule has 3 aromatic rings. The van der Waals surface area contributed by atoms with Crippen molar-refractivity contribution < 1.29 is 4.79 Å². The number of benzene rings is 2. The fraction of sp³-hybridized carbons (Fsp3) is 0.167. The molecule has 0 amide bonds. The van der Waals surface area contributed by atoms with E-state index in [1.165, 1.54) is 16.7 Å². The Bertz CT molecular complexity index is 783. The van der Waals surface area contributed by atoms with E-state index in [4.69, 9.17) is 0 Å². The second-order valence-corrected chi connectivity index (χ2v) is 5.28. The minimum absolute atomic E-state index is 0.755. The monoisotopic (exact) mass is 263 g/mol. The first kappa shape index (κ1) is 12.7. The molecule has 2 heteroatoms. The van der Waals surface area contributed by atoms with Crippen LogP contribution >= 0.6 is 0 Å². The van der Waals surface area contributed by atoms with Crippen LogP contribution in [0.25, 0.3) is 10.9 Å². The number of para-hydroxylation sites is 1. The quantitative estimate of drug-likeness (QED) is 0.651. The smallest absolute Gasteiger partial charge is 0.152 e. The lowest BCUT2D eigenvalue weighted by Gasteiger charge is -2.09. The number of carbonyl (C=O) groups is 1. The molecular formula is C18H17NO. The third kappa shape index (κ3) is 2.14. The first-order valence-electron chi connectivity index (χ1n) is 6.78. The van der Waals surface area contributed by atoms with Gasteiger partial charge in [-0.1, -0.05) is 42.0 Å². The lowest BCUT2D eigenvalue weighted by atomic mass is 10.1. The molecule has 1 heterocycles. The zero-order valence-electron chi connectivity index (χ0n) is 11.8.